The van der Waals surface area contributed by atoms with Gasteiger partial charge in [0.05, 0.1) is 17.6 Å². The van der Waals surface area contributed by atoms with Gasteiger partial charge in [-0.3, -0.25) is 11.3 Å². The summed E-state index contributed by atoms with van der Waals surface area (Å²) in [5, 5.41) is 0.715. The lowest BCUT2D eigenvalue weighted by Crippen LogP contribution is -2.30. The smallest absolute Gasteiger partial charge is 0.133 e. The number of rotatable bonds is 5. The Bertz CT molecular complexity index is 634. The molecule has 2 aromatic carbocycles. The molecule has 0 aliphatic rings. The van der Waals surface area contributed by atoms with Crippen LogP contribution >= 0.6 is 27.5 Å². The summed E-state index contributed by atoms with van der Waals surface area (Å²) in [6.07, 6.45) is 0.764. The zero-order valence-corrected chi connectivity index (χ0v) is 14.3. The van der Waals surface area contributed by atoms with Crippen molar-refractivity contribution in [3.63, 3.8) is 0 Å². The van der Waals surface area contributed by atoms with E-state index in [0.29, 0.717) is 5.02 Å². The van der Waals surface area contributed by atoms with Crippen LogP contribution in [-0.2, 0) is 6.42 Å². The highest BCUT2D eigenvalue weighted by Crippen LogP contribution is 2.29. The molecule has 0 radical (unpaired) electrons. The number of ether oxygens (including phenoxy) is 1. The van der Waals surface area contributed by atoms with Gasteiger partial charge in [-0.2, -0.15) is 0 Å². The lowest BCUT2D eigenvalue weighted by Gasteiger charge is -2.19. The number of nitrogens with two attached hydrogens (primary N) is 1. The molecule has 2 rings (SSSR count). The van der Waals surface area contributed by atoms with Crippen molar-refractivity contribution in [3.05, 3.63) is 62.6 Å². The molecule has 0 aliphatic heterocycles. The Morgan fingerprint density at radius 2 is 2.05 bits per heavy atom. The molecule has 0 spiro atoms. The molecule has 0 saturated carbocycles. The fourth-order valence-corrected chi connectivity index (χ4v) is 3.09. The van der Waals surface area contributed by atoms with Gasteiger partial charge in [0.2, 0.25) is 0 Å². The standard InChI is InChI=1S/C16H18BrClN2O/c1-10-3-5-12(18)9-13(10)15(20-19)8-11-4-6-16(21-2)14(17)7-11/h3-7,9,15,20H,8,19H2,1-2H3. The van der Waals surface area contributed by atoms with E-state index in [1.165, 1.54) is 0 Å². The first-order valence-corrected chi connectivity index (χ1v) is 7.77. The van der Waals surface area contributed by atoms with Crippen LogP contribution < -0.4 is 16.0 Å². The van der Waals surface area contributed by atoms with Crippen LogP contribution in [0.15, 0.2) is 40.9 Å². The molecule has 1 atom stereocenters. The highest BCUT2D eigenvalue weighted by atomic mass is 79.9. The van der Waals surface area contributed by atoms with Gasteiger partial charge >= 0.3 is 0 Å². The van der Waals surface area contributed by atoms with Crippen LogP contribution in [0, 0.1) is 6.92 Å². The summed E-state index contributed by atoms with van der Waals surface area (Å²) in [7, 11) is 1.65. The molecule has 0 bridgehead atoms. The normalized spacial score (nSPS) is 12.2. The highest BCUT2D eigenvalue weighted by molar-refractivity contribution is 9.10. The van der Waals surface area contributed by atoms with E-state index in [2.05, 4.69) is 28.3 Å². The first kappa shape index (κ1) is 16.3. The third kappa shape index (κ3) is 3.98. The maximum atomic E-state index is 6.09. The van der Waals surface area contributed by atoms with Gasteiger partial charge in [-0.1, -0.05) is 23.7 Å². The summed E-state index contributed by atoms with van der Waals surface area (Å²) < 4.78 is 6.18. The number of benzene rings is 2. The molecular formula is C16H18BrClN2O. The van der Waals surface area contributed by atoms with Crippen molar-refractivity contribution in [1.29, 1.82) is 0 Å². The molecule has 21 heavy (non-hydrogen) atoms. The van der Waals surface area contributed by atoms with Crippen molar-refractivity contribution in [2.45, 2.75) is 19.4 Å². The summed E-state index contributed by atoms with van der Waals surface area (Å²) in [6.45, 7) is 2.06. The minimum atomic E-state index is 0.00370. The van der Waals surface area contributed by atoms with E-state index < -0.39 is 0 Å². The van der Waals surface area contributed by atoms with Gasteiger partial charge < -0.3 is 4.74 Å². The molecule has 112 valence electrons. The van der Waals surface area contributed by atoms with E-state index in [0.717, 1.165) is 33.3 Å². The Morgan fingerprint density at radius 3 is 2.67 bits per heavy atom. The summed E-state index contributed by atoms with van der Waals surface area (Å²) in [5.74, 6) is 6.55. The van der Waals surface area contributed by atoms with Gasteiger partial charge in [0.15, 0.2) is 0 Å². The number of nitrogens with one attached hydrogen (secondary N) is 1. The predicted molar refractivity (Wildman–Crippen MR) is 90.7 cm³/mol. The van der Waals surface area contributed by atoms with Gasteiger partial charge in [-0.05, 0) is 70.2 Å². The molecule has 0 aliphatic carbocycles. The van der Waals surface area contributed by atoms with Crippen LogP contribution in [0.2, 0.25) is 5.02 Å². The van der Waals surface area contributed by atoms with Gasteiger partial charge in [0.1, 0.15) is 5.75 Å². The molecular weight excluding hydrogens is 352 g/mol. The Morgan fingerprint density at radius 1 is 1.29 bits per heavy atom. The van der Waals surface area contributed by atoms with E-state index in [1.807, 2.05) is 36.4 Å². The molecule has 0 fully saturated rings. The van der Waals surface area contributed by atoms with Crippen LogP contribution in [0.3, 0.4) is 0 Å². The average molecular weight is 370 g/mol. The summed E-state index contributed by atoms with van der Waals surface area (Å²) in [5.41, 5.74) is 6.31. The van der Waals surface area contributed by atoms with Crippen molar-refractivity contribution in [2.24, 2.45) is 5.84 Å². The molecule has 0 aromatic heterocycles. The quantitative estimate of drug-likeness (QED) is 0.614. The van der Waals surface area contributed by atoms with Crippen LogP contribution in [0.5, 0.6) is 5.75 Å². The maximum absolute atomic E-state index is 6.09. The zero-order valence-electron chi connectivity index (χ0n) is 12.0. The second-order valence-electron chi connectivity index (χ2n) is 4.89. The molecule has 3 nitrogen and oxygen atoms in total. The number of methoxy groups -OCH3 is 1. The minimum absolute atomic E-state index is 0.00370. The van der Waals surface area contributed by atoms with Crippen molar-refractivity contribution in [1.82, 2.24) is 5.43 Å². The fourth-order valence-electron chi connectivity index (χ4n) is 2.32. The highest BCUT2D eigenvalue weighted by Gasteiger charge is 2.14. The fraction of sp³-hybridized carbons (Fsp3) is 0.250. The van der Waals surface area contributed by atoms with Crippen LogP contribution in [-0.4, -0.2) is 7.11 Å². The number of hydrogen-bond donors (Lipinski definition) is 2. The lowest BCUT2D eigenvalue weighted by molar-refractivity contribution is 0.412. The van der Waals surface area contributed by atoms with E-state index >= 15 is 0 Å². The molecule has 0 amide bonds. The number of hydrogen-bond acceptors (Lipinski definition) is 3. The summed E-state index contributed by atoms with van der Waals surface area (Å²) in [6, 6.07) is 11.9. The van der Waals surface area contributed by atoms with Crippen molar-refractivity contribution in [2.75, 3.05) is 7.11 Å². The summed E-state index contributed by atoms with van der Waals surface area (Å²) in [4.78, 5) is 0. The summed E-state index contributed by atoms with van der Waals surface area (Å²) >= 11 is 9.60. The molecule has 0 heterocycles. The number of halogens is 2. The van der Waals surface area contributed by atoms with Crippen molar-refractivity contribution >= 4 is 27.5 Å². The Hall–Kier alpha value is -1.07. The number of aryl methyl sites for hydroxylation is 1. The SMILES string of the molecule is COc1ccc(CC(NN)c2cc(Cl)ccc2C)cc1Br. The molecule has 3 N–H and O–H groups in total. The van der Waals surface area contributed by atoms with Crippen LogP contribution in [0.1, 0.15) is 22.7 Å². The Balaban J connectivity index is 2.26. The monoisotopic (exact) mass is 368 g/mol. The first-order valence-electron chi connectivity index (χ1n) is 6.59. The van der Waals surface area contributed by atoms with Gasteiger partial charge in [-0.25, -0.2) is 0 Å². The van der Waals surface area contributed by atoms with Gasteiger partial charge in [-0.15, -0.1) is 0 Å². The van der Waals surface area contributed by atoms with E-state index in [1.54, 1.807) is 7.11 Å². The second kappa shape index (κ2) is 7.27. The average Bonchev–Trinajstić information content (AvgIpc) is 2.47. The predicted octanol–water partition coefficient (Wildman–Crippen LogP) is 4.17. The molecule has 0 saturated heterocycles. The first-order chi connectivity index (χ1) is 10.0. The van der Waals surface area contributed by atoms with Crippen molar-refractivity contribution in [3.8, 4) is 5.75 Å². The largest absolute Gasteiger partial charge is 0.496 e. The van der Waals surface area contributed by atoms with E-state index in [9.17, 15) is 0 Å². The second-order valence-corrected chi connectivity index (χ2v) is 6.18. The van der Waals surface area contributed by atoms with Crippen LogP contribution in [0.25, 0.3) is 0 Å². The third-order valence-corrected chi connectivity index (χ3v) is 4.33. The topological polar surface area (TPSA) is 47.3 Å². The van der Waals surface area contributed by atoms with Gasteiger partial charge in [0.25, 0.3) is 0 Å². The lowest BCUT2D eigenvalue weighted by atomic mass is 9.96. The van der Waals surface area contributed by atoms with Crippen LogP contribution in [0.4, 0.5) is 0 Å². The minimum Gasteiger partial charge on any atom is -0.496 e. The number of hydrazine groups is 1. The Labute approximate surface area is 138 Å². The van der Waals surface area contributed by atoms with E-state index in [4.69, 9.17) is 22.2 Å². The Kier molecular flexibility index (Phi) is 5.65. The molecule has 5 heteroatoms. The molecule has 2 aromatic rings. The van der Waals surface area contributed by atoms with Crippen molar-refractivity contribution < 1.29 is 4.74 Å². The molecule has 1 unspecified atom stereocenters. The maximum Gasteiger partial charge on any atom is 0.133 e. The van der Waals surface area contributed by atoms with E-state index in [-0.39, 0.29) is 6.04 Å². The zero-order chi connectivity index (χ0) is 15.4. The van der Waals surface area contributed by atoms with Gasteiger partial charge in [0, 0.05) is 5.02 Å². The third-order valence-electron chi connectivity index (χ3n) is 3.47.